The first kappa shape index (κ1) is 22.0. The Morgan fingerprint density at radius 3 is 2.87 bits per heavy atom. The van der Waals surface area contributed by atoms with Crippen LogP contribution in [-0.4, -0.2) is 40.2 Å². The summed E-state index contributed by atoms with van der Waals surface area (Å²) in [7, 11) is 0. The summed E-state index contributed by atoms with van der Waals surface area (Å²) in [5.41, 5.74) is 8.75. The number of unbranched alkanes of at least 4 members (excludes halogenated alkanes) is 2. The number of amides is 1. The molecular formula is C23H33N5O2. The summed E-state index contributed by atoms with van der Waals surface area (Å²) in [6, 6.07) is 8.09. The Morgan fingerprint density at radius 2 is 2.07 bits per heavy atom. The average Bonchev–Trinajstić information content (AvgIpc) is 3.19. The Morgan fingerprint density at radius 1 is 1.23 bits per heavy atom. The normalized spacial score (nSPS) is 12.5. The number of nitrogens with one attached hydrogen (secondary N) is 1. The molecule has 0 spiro atoms. The number of benzene rings is 1. The number of hydrogen-bond donors (Lipinski definition) is 2. The number of rotatable bonds is 12. The summed E-state index contributed by atoms with van der Waals surface area (Å²) >= 11 is 0. The molecule has 2 heterocycles. The number of anilines is 1. The van der Waals surface area contributed by atoms with Crippen molar-refractivity contribution in [2.45, 2.75) is 58.4 Å². The van der Waals surface area contributed by atoms with Gasteiger partial charge in [-0.25, -0.2) is 9.97 Å². The quantitative estimate of drug-likeness (QED) is 0.435. The Bertz CT molecular complexity index is 969. The standard InChI is InChI=1S/C23H33N5O2/c1-3-5-6-13-20(29)25-14-9-10-17(15-30-4-2)28-16-26-21-22(28)18-11-7-8-12-19(18)27-23(21)24/h7-8,11-12,16-17H,3-6,9-10,13-15H2,1-2H3,(H2,24,27)(H,25,29)/t17-/m0/s1. The van der Waals surface area contributed by atoms with Gasteiger partial charge in [0.05, 0.1) is 30.0 Å². The molecule has 0 radical (unpaired) electrons. The highest BCUT2D eigenvalue weighted by atomic mass is 16.5. The van der Waals surface area contributed by atoms with Crippen LogP contribution in [0, 0.1) is 0 Å². The van der Waals surface area contributed by atoms with Crippen molar-refractivity contribution in [3.05, 3.63) is 30.6 Å². The predicted molar refractivity (Wildman–Crippen MR) is 121 cm³/mol. The maximum absolute atomic E-state index is 12.0. The molecule has 0 saturated heterocycles. The molecule has 1 aromatic carbocycles. The van der Waals surface area contributed by atoms with Crippen molar-refractivity contribution in [2.24, 2.45) is 0 Å². The van der Waals surface area contributed by atoms with Gasteiger partial charge >= 0.3 is 0 Å². The highest BCUT2D eigenvalue weighted by Crippen LogP contribution is 2.30. The van der Waals surface area contributed by atoms with E-state index in [1.165, 1.54) is 0 Å². The second kappa shape index (κ2) is 10.9. The van der Waals surface area contributed by atoms with Crippen LogP contribution in [0.25, 0.3) is 21.9 Å². The third-order valence-corrected chi connectivity index (χ3v) is 5.39. The molecule has 3 N–H and O–H groups in total. The van der Waals surface area contributed by atoms with Gasteiger partial charge in [-0.15, -0.1) is 0 Å². The van der Waals surface area contributed by atoms with E-state index in [9.17, 15) is 4.79 Å². The number of hydrogen-bond acceptors (Lipinski definition) is 5. The fourth-order valence-corrected chi connectivity index (χ4v) is 3.79. The first-order valence-corrected chi connectivity index (χ1v) is 11.0. The van der Waals surface area contributed by atoms with Gasteiger partial charge in [0.15, 0.2) is 5.82 Å². The lowest BCUT2D eigenvalue weighted by atomic mass is 10.1. The average molecular weight is 412 g/mol. The Labute approximate surface area is 178 Å². The Balaban J connectivity index is 1.74. The lowest BCUT2D eigenvalue weighted by Gasteiger charge is -2.20. The van der Waals surface area contributed by atoms with Crippen molar-refractivity contribution in [2.75, 3.05) is 25.5 Å². The molecule has 7 heteroatoms. The minimum Gasteiger partial charge on any atom is -0.382 e. The van der Waals surface area contributed by atoms with Crippen molar-refractivity contribution >= 4 is 33.7 Å². The Hall–Kier alpha value is -2.67. The van der Waals surface area contributed by atoms with Crippen LogP contribution >= 0.6 is 0 Å². The number of nitrogens with two attached hydrogens (primary N) is 1. The summed E-state index contributed by atoms with van der Waals surface area (Å²) in [6.07, 6.45) is 7.37. The van der Waals surface area contributed by atoms with Crippen molar-refractivity contribution in [1.82, 2.24) is 19.9 Å². The SMILES string of the molecule is CCCCCC(=O)NCCC[C@@H](COCC)n1cnc2c(N)nc3ccccc3c21. The number of fused-ring (bicyclic) bond motifs is 3. The zero-order valence-electron chi connectivity index (χ0n) is 18.1. The number of nitrogens with zero attached hydrogens (tertiary/aromatic N) is 3. The van der Waals surface area contributed by atoms with Crippen LogP contribution in [0.2, 0.25) is 0 Å². The lowest BCUT2D eigenvalue weighted by Crippen LogP contribution is -2.25. The van der Waals surface area contributed by atoms with Crippen molar-refractivity contribution < 1.29 is 9.53 Å². The maximum atomic E-state index is 12.0. The van der Waals surface area contributed by atoms with E-state index in [0.717, 1.165) is 54.0 Å². The van der Waals surface area contributed by atoms with Gasteiger partial charge in [-0.3, -0.25) is 4.79 Å². The molecule has 3 rings (SSSR count). The van der Waals surface area contributed by atoms with E-state index in [0.29, 0.717) is 32.0 Å². The summed E-state index contributed by atoms with van der Waals surface area (Å²) in [5.74, 6) is 0.583. The van der Waals surface area contributed by atoms with Crippen LogP contribution in [0.5, 0.6) is 0 Å². The molecule has 1 atom stereocenters. The number of imidazole rings is 1. The van der Waals surface area contributed by atoms with E-state index in [1.54, 1.807) is 0 Å². The summed E-state index contributed by atoms with van der Waals surface area (Å²) in [5, 5.41) is 4.07. The molecule has 1 amide bonds. The minimum atomic E-state index is 0.108. The van der Waals surface area contributed by atoms with Gasteiger partial charge in [0.2, 0.25) is 5.91 Å². The largest absolute Gasteiger partial charge is 0.382 e. The molecule has 0 aliphatic heterocycles. The summed E-state index contributed by atoms with van der Waals surface area (Å²) < 4.78 is 7.93. The fourth-order valence-electron chi connectivity index (χ4n) is 3.79. The highest BCUT2D eigenvalue weighted by molar-refractivity contribution is 6.06. The maximum Gasteiger partial charge on any atom is 0.219 e. The van der Waals surface area contributed by atoms with Crippen LogP contribution in [0.4, 0.5) is 5.82 Å². The van der Waals surface area contributed by atoms with Crippen molar-refractivity contribution in [1.29, 1.82) is 0 Å². The molecule has 0 unspecified atom stereocenters. The van der Waals surface area contributed by atoms with Crippen LogP contribution in [0.1, 0.15) is 58.4 Å². The van der Waals surface area contributed by atoms with Gasteiger partial charge in [0.25, 0.3) is 0 Å². The van der Waals surface area contributed by atoms with Crippen LogP contribution in [0.3, 0.4) is 0 Å². The number of aromatic nitrogens is 3. The van der Waals surface area contributed by atoms with Crippen LogP contribution in [0.15, 0.2) is 30.6 Å². The molecule has 30 heavy (non-hydrogen) atoms. The zero-order valence-corrected chi connectivity index (χ0v) is 18.1. The number of pyridine rings is 1. The van der Waals surface area contributed by atoms with E-state index < -0.39 is 0 Å². The number of ether oxygens (including phenoxy) is 1. The highest BCUT2D eigenvalue weighted by Gasteiger charge is 2.18. The molecule has 0 fully saturated rings. The van der Waals surface area contributed by atoms with Gasteiger partial charge in [-0.1, -0.05) is 38.0 Å². The first-order chi connectivity index (χ1) is 14.7. The number of para-hydroxylation sites is 1. The molecule has 7 nitrogen and oxygen atoms in total. The smallest absolute Gasteiger partial charge is 0.219 e. The van der Waals surface area contributed by atoms with Crippen LogP contribution < -0.4 is 11.1 Å². The Kier molecular flexibility index (Phi) is 8.02. The van der Waals surface area contributed by atoms with Crippen LogP contribution in [-0.2, 0) is 9.53 Å². The summed E-state index contributed by atoms with van der Waals surface area (Å²) in [6.45, 7) is 6.05. The molecule has 2 aromatic heterocycles. The topological polar surface area (TPSA) is 95.1 Å². The van der Waals surface area contributed by atoms with Crippen molar-refractivity contribution in [3.63, 3.8) is 0 Å². The monoisotopic (exact) mass is 411 g/mol. The summed E-state index contributed by atoms with van der Waals surface area (Å²) in [4.78, 5) is 21.0. The van der Waals surface area contributed by atoms with Crippen molar-refractivity contribution in [3.8, 4) is 0 Å². The van der Waals surface area contributed by atoms with Gasteiger partial charge in [0, 0.05) is 25.0 Å². The minimum absolute atomic E-state index is 0.108. The predicted octanol–water partition coefficient (Wildman–Crippen LogP) is 4.22. The third kappa shape index (κ3) is 5.27. The van der Waals surface area contributed by atoms with E-state index in [-0.39, 0.29) is 11.9 Å². The van der Waals surface area contributed by atoms with E-state index in [2.05, 4.69) is 32.8 Å². The molecule has 0 aliphatic rings. The van der Waals surface area contributed by atoms with Gasteiger partial charge in [-0.05, 0) is 32.3 Å². The second-order valence-electron chi connectivity index (χ2n) is 7.63. The van der Waals surface area contributed by atoms with E-state index in [1.807, 2.05) is 31.5 Å². The first-order valence-electron chi connectivity index (χ1n) is 11.0. The molecule has 0 aliphatic carbocycles. The molecule has 3 aromatic rings. The van der Waals surface area contributed by atoms with Gasteiger partial charge in [0.1, 0.15) is 5.52 Å². The molecule has 0 bridgehead atoms. The fraction of sp³-hybridized carbons (Fsp3) is 0.522. The van der Waals surface area contributed by atoms with E-state index in [4.69, 9.17) is 10.5 Å². The van der Waals surface area contributed by atoms with Gasteiger partial charge < -0.3 is 20.4 Å². The van der Waals surface area contributed by atoms with E-state index >= 15 is 0 Å². The molecular weight excluding hydrogens is 378 g/mol. The number of carbonyl (C=O) groups is 1. The molecule has 0 saturated carbocycles. The number of carbonyl (C=O) groups excluding carboxylic acids is 1. The van der Waals surface area contributed by atoms with Gasteiger partial charge in [-0.2, -0.15) is 0 Å². The number of nitrogen functional groups attached to an aromatic ring is 1. The lowest BCUT2D eigenvalue weighted by molar-refractivity contribution is -0.121. The third-order valence-electron chi connectivity index (χ3n) is 5.39. The second-order valence-corrected chi connectivity index (χ2v) is 7.63. The zero-order chi connectivity index (χ0) is 21.3. The molecule has 162 valence electrons.